The molecule has 1 aromatic carbocycles. The van der Waals surface area contributed by atoms with E-state index >= 15 is 0 Å². The number of para-hydroxylation sites is 1. The lowest BCUT2D eigenvalue weighted by atomic mass is 10.2. The number of nitrogens with one attached hydrogen (secondary N) is 2. The Hall–Kier alpha value is -2.58. The molecule has 3 rings (SSSR count). The molecule has 0 aliphatic carbocycles. The number of hydrogen-bond acceptors (Lipinski definition) is 7. The summed E-state index contributed by atoms with van der Waals surface area (Å²) < 4.78 is 1.95. The lowest BCUT2D eigenvalue weighted by molar-refractivity contribution is 0.271. The molecule has 0 saturated heterocycles. The number of aliphatic hydroxyl groups is 1. The number of aryl methyl sites for hydroxylation is 1. The first-order chi connectivity index (χ1) is 13.1. The van der Waals surface area contributed by atoms with Gasteiger partial charge in [-0.3, -0.25) is 0 Å². The lowest BCUT2D eigenvalue weighted by Crippen LogP contribution is -2.24. The van der Waals surface area contributed by atoms with Crippen LogP contribution in [0.15, 0.2) is 24.5 Å². The zero-order valence-corrected chi connectivity index (χ0v) is 16.2. The second-order valence-electron chi connectivity index (χ2n) is 6.20. The van der Waals surface area contributed by atoms with Gasteiger partial charge in [-0.1, -0.05) is 30.7 Å². The number of nitrogen functional groups attached to an aromatic ring is 1. The van der Waals surface area contributed by atoms with Gasteiger partial charge in [0.1, 0.15) is 0 Å². The Bertz CT molecular complexity index is 923. The van der Waals surface area contributed by atoms with Gasteiger partial charge < -0.3 is 26.0 Å². The number of halogens is 1. The Labute approximate surface area is 162 Å². The first-order valence-electron chi connectivity index (χ1n) is 8.94. The highest BCUT2D eigenvalue weighted by Crippen LogP contribution is 2.25. The summed E-state index contributed by atoms with van der Waals surface area (Å²) in [6.45, 7) is 5.22. The fraction of sp³-hybridized carbons (Fsp3) is 0.389. The third kappa shape index (κ3) is 4.06. The number of hydrogen-bond donors (Lipinski definition) is 4. The van der Waals surface area contributed by atoms with Crippen LogP contribution in [0.25, 0.3) is 11.2 Å². The molecule has 0 fully saturated rings. The molecule has 0 radical (unpaired) electrons. The summed E-state index contributed by atoms with van der Waals surface area (Å²) in [5.41, 5.74) is 8.88. The molecule has 0 saturated carbocycles. The van der Waals surface area contributed by atoms with Gasteiger partial charge in [0.05, 0.1) is 29.7 Å². The SMILES string of the molecule is CCC(CO)Nc1nc(NCc2cccc(Cl)c2N)c2ncn(CC)c2n1. The number of nitrogens with zero attached hydrogens (tertiary/aromatic N) is 4. The maximum atomic E-state index is 9.46. The molecular formula is C18H24ClN7O. The van der Waals surface area contributed by atoms with Gasteiger partial charge in [-0.15, -0.1) is 0 Å². The third-order valence-electron chi connectivity index (χ3n) is 4.44. The summed E-state index contributed by atoms with van der Waals surface area (Å²) in [5.74, 6) is 1.04. The highest BCUT2D eigenvalue weighted by molar-refractivity contribution is 6.33. The van der Waals surface area contributed by atoms with Crippen LogP contribution in [0.5, 0.6) is 0 Å². The van der Waals surface area contributed by atoms with E-state index in [1.54, 1.807) is 12.4 Å². The molecule has 2 heterocycles. The number of aromatic nitrogens is 4. The Morgan fingerprint density at radius 3 is 2.81 bits per heavy atom. The number of fused-ring (bicyclic) bond motifs is 1. The predicted molar refractivity (Wildman–Crippen MR) is 109 cm³/mol. The van der Waals surface area contributed by atoms with E-state index in [-0.39, 0.29) is 12.6 Å². The summed E-state index contributed by atoms with van der Waals surface area (Å²) in [6.07, 6.45) is 2.50. The summed E-state index contributed by atoms with van der Waals surface area (Å²) in [7, 11) is 0. The molecule has 1 atom stereocenters. The molecule has 9 heteroatoms. The van der Waals surface area contributed by atoms with Crippen molar-refractivity contribution in [3.63, 3.8) is 0 Å². The molecule has 5 N–H and O–H groups in total. The highest BCUT2D eigenvalue weighted by atomic mass is 35.5. The molecule has 0 spiro atoms. The molecule has 27 heavy (non-hydrogen) atoms. The van der Waals surface area contributed by atoms with Gasteiger partial charge in [0.15, 0.2) is 17.0 Å². The number of nitrogens with two attached hydrogens (primary N) is 1. The topological polar surface area (TPSA) is 114 Å². The Morgan fingerprint density at radius 2 is 2.11 bits per heavy atom. The minimum absolute atomic E-state index is 0.00669. The molecule has 3 aromatic rings. The van der Waals surface area contributed by atoms with Crippen LogP contribution in [0.4, 0.5) is 17.5 Å². The molecule has 0 aliphatic rings. The molecule has 144 valence electrons. The Balaban J connectivity index is 1.94. The molecule has 2 aromatic heterocycles. The number of anilines is 3. The fourth-order valence-electron chi connectivity index (χ4n) is 2.74. The minimum atomic E-state index is -0.114. The molecule has 1 unspecified atom stereocenters. The van der Waals surface area contributed by atoms with Gasteiger partial charge in [-0.25, -0.2) is 4.98 Å². The molecule has 0 amide bonds. The van der Waals surface area contributed by atoms with Crippen molar-refractivity contribution in [2.24, 2.45) is 0 Å². The van der Waals surface area contributed by atoms with Crippen LogP contribution in [0.1, 0.15) is 25.8 Å². The van der Waals surface area contributed by atoms with Crippen molar-refractivity contribution < 1.29 is 5.11 Å². The monoisotopic (exact) mass is 389 g/mol. The lowest BCUT2D eigenvalue weighted by Gasteiger charge is -2.16. The quantitative estimate of drug-likeness (QED) is 0.438. The van der Waals surface area contributed by atoms with Crippen LogP contribution < -0.4 is 16.4 Å². The first kappa shape index (κ1) is 19.2. The smallest absolute Gasteiger partial charge is 0.227 e. The average molecular weight is 390 g/mol. The fourth-order valence-corrected chi connectivity index (χ4v) is 2.93. The molecular weight excluding hydrogens is 366 g/mol. The maximum Gasteiger partial charge on any atom is 0.227 e. The van der Waals surface area contributed by atoms with E-state index in [1.165, 1.54) is 0 Å². The average Bonchev–Trinajstić information content (AvgIpc) is 3.10. The zero-order chi connectivity index (χ0) is 19.4. The Morgan fingerprint density at radius 1 is 1.30 bits per heavy atom. The van der Waals surface area contributed by atoms with Gasteiger partial charge in [-0.05, 0) is 25.0 Å². The van der Waals surface area contributed by atoms with E-state index in [0.29, 0.717) is 34.5 Å². The summed E-state index contributed by atoms with van der Waals surface area (Å²) in [5, 5.41) is 16.4. The summed E-state index contributed by atoms with van der Waals surface area (Å²) in [4.78, 5) is 13.6. The molecule has 8 nitrogen and oxygen atoms in total. The van der Waals surface area contributed by atoms with Gasteiger partial charge in [0, 0.05) is 13.1 Å². The number of benzene rings is 1. The van der Waals surface area contributed by atoms with Crippen molar-refractivity contribution in [3.8, 4) is 0 Å². The van der Waals surface area contributed by atoms with Crippen LogP contribution in [-0.2, 0) is 13.1 Å². The van der Waals surface area contributed by atoms with Crippen LogP contribution in [-0.4, -0.2) is 37.3 Å². The van der Waals surface area contributed by atoms with Gasteiger partial charge in [0.2, 0.25) is 5.95 Å². The van der Waals surface area contributed by atoms with Crippen LogP contribution in [0.3, 0.4) is 0 Å². The predicted octanol–water partition coefficient (Wildman–Crippen LogP) is 2.88. The van der Waals surface area contributed by atoms with Crippen molar-refractivity contribution in [2.75, 3.05) is 23.0 Å². The number of imidazole rings is 1. The van der Waals surface area contributed by atoms with Crippen LogP contribution in [0, 0.1) is 0 Å². The summed E-state index contributed by atoms with van der Waals surface area (Å²) in [6, 6.07) is 5.41. The third-order valence-corrected chi connectivity index (χ3v) is 4.77. The minimum Gasteiger partial charge on any atom is -0.397 e. The molecule has 0 bridgehead atoms. The van der Waals surface area contributed by atoms with E-state index in [4.69, 9.17) is 17.3 Å². The van der Waals surface area contributed by atoms with Crippen molar-refractivity contribution in [1.82, 2.24) is 19.5 Å². The van der Waals surface area contributed by atoms with Crippen molar-refractivity contribution in [2.45, 2.75) is 39.4 Å². The molecule has 0 aliphatic heterocycles. The van der Waals surface area contributed by atoms with Gasteiger partial charge >= 0.3 is 0 Å². The Kier molecular flexibility index (Phi) is 5.98. The first-order valence-corrected chi connectivity index (χ1v) is 9.32. The summed E-state index contributed by atoms with van der Waals surface area (Å²) >= 11 is 6.10. The van der Waals surface area contributed by atoms with E-state index in [2.05, 4.69) is 25.6 Å². The normalized spacial score (nSPS) is 12.3. The van der Waals surface area contributed by atoms with E-state index in [0.717, 1.165) is 24.2 Å². The maximum absolute atomic E-state index is 9.46. The largest absolute Gasteiger partial charge is 0.397 e. The number of aliphatic hydroxyl groups excluding tert-OH is 1. The second-order valence-corrected chi connectivity index (χ2v) is 6.60. The van der Waals surface area contributed by atoms with Crippen LogP contribution >= 0.6 is 11.6 Å². The number of rotatable bonds is 8. The van der Waals surface area contributed by atoms with E-state index in [9.17, 15) is 5.11 Å². The second kappa shape index (κ2) is 8.41. The zero-order valence-electron chi connectivity index (χ0n) is 15.4. The van der Waals surface area contributed by atoms with Crippen molar-refractivity contribution >= 4 is 40.2 Å². The highest BCUT2D eigenvalue weighted by Gasteiger charge is 2.15. The van der Waals surface area contributed by atoms with Crippen molar-refractivity contribution in [1.29, 1.82) is 0 Å². The van der Waals surface area contributed by atoms with Gasteiger partial charge in [-0.2, -0.15) is 9.97 Å². The van der Waals surface area contributed by atoms with Crippen molar-refractivity contribution in [3.05, 3.63) is 35.1 Å². The van der Waals surface area contributed by atoms with Crippen LogP contribution in [0.2, 0.25) is 5.02 Å². The van der Waals surface area contributed by atoms with E-state index in [1.807, 2.05) is 30.5 Å². The standard InChI is InChI=1S/C18H24ClN7O/c1-3-12(9-27)23-18-24-16(15-17(25-18)26(4-2)10-22-15)21-8-11-6-5-7-13(19)14(11)20/h5-7,10,12,27H,3-4,8-9,20H2,1-2H3,(H2,21,23,24,25). The van der Waals surface area contributed by atoms with Gasteiger partial charge in [0.25, 0.3) is 0 Å². The van der Waals surface area contributed by atoms with E-state index < -0.39 is 0 Å².